The first-order valence-corrected chi connectivity index (χ1v) is 9.89. The van der Waals surface area contributed by atoms with Crippen LogP contribution in [-0.4, -0.2) is 56.6 Å². The minimum Gasteiger partial charge on any atom is -0.476 e. The Balaban J connectivity index is 1.34. The van der Waals surface area contributed by atoms with Crippen LogP contribution in [0.15, 0.2) is 42.1 Å². The molecule has 1 saturated heterocycles. The summed E-state index contributed by atoms with van der Waals surface area (Å²) in [6, 6.07) is 3.65. The number of hydrogen-bond donors (Lipinski definition) is 0. The Morgan fingerprint density at radius 3 is 2.65 bits per heavy atom. The number of piperidine rings is 1. The summed E-state index contributed by atoms with van der Waals surface area (Å²) in [6.45, 7) is 1.46. The largest absolute Gasteiger partial charge is 0.476 e. The molecule has 4 heterocycles. The van der Waals surface area contributed by atoms with Crippen molar-refractivity contribution in [3.8, 4) is 5.88 Å². The lowest BCUT2D eigenvalue weighted by molar-refractivity contribution is 0.179. The molecule has 1 aliphatic heterocycles. The van der Waals surface area contributed by atoms with E-state index in [-0.39, 0.29) is 5.16 Å². The lowest BCUT2D eigenvalue weighted by Gasteiger charge is -2.30. The molecule has 9 nitrogen and oxygen atoms in total. The molecule has 4 rings (SSSR count). The van der Waals surface area contributed by atoms with Crippen molar-refractivity contribution >= 4 is 15.7 Å². The second kappa shape index (κ2) is 6.69. The fourth-order valence-corrected chi connectivity index (χ4v) is 4.65. The van der Waals surface area contributed by atoms with Crippen molar-refractivity contribution in [1.29, 1.82) is 0 Å². The SMILES string of the molecule is Cn1ccnc1S(=O)(=O)N1CCC(COc2ccc3nccn3n2)CC1. The van der Waals surface area contributed by atoms with Gasteiger partial charge in [-0.15, -0.1) is 5.10 Å². The first kappa shape index (κ1) is 17.0. The smallest absolute Gasteiger partial charge is 0.276 e. The van der Waals surface area contributed by atoms with Gasteiger partial charge in [0.15, 0.2) is 5.65 Å². The average molecular weight is 376 g/mol. The van der Waals surface area contributed by atoms with Crippen LogP contribution in [-0.2, 0) is 17.1 Å². The van der Waals surface area contributed by atoms with E-state index in [1.807, 2.05) is 6.07 Å². The van der Waals surface area contributed by atoms with Crippen LogP contribution in [0.25, 0.3) is 5.65 Å². The Morgan fingerprint density at radius 2 is 1.92 bits per heavy atom. The highest BCUT2D eigenvalue weighted by Gasteiger charge is 2.32. The minimum absolute atomic E-state index is 0.0880. The van der Waals surface area contributed by atoms with Gasteiger partial charge >= 0.3 is 0 Å². The van der Waals surface area contributed by atoms with Crippen LogP contribution in [0.3, 0.4) is 0 Å². The molecule has 0 bridgehead atoms. The van der Waals surface area contributed by atoms with E-state index in [4.69, 9.17) is 4.74 Å². The number of fused-ring (bicyclic) bond motifs is 1. The summed E-state index contributed by atoms with van der Waals surface area (Å²) in [5.41, 5.74) is 0.769. The summed E-state index contributed by atoms with van der Waals surface area (Å²) in [5, 5.41) is 4.42. The molecule has 0 radical (unpaired) electrons. The fourth-order valence-electron chi connectivity index (χ4n) is 3.11. The zero-order chi connectivity index (χ0) is 18.1. The van der Waals surface area contributed by atoms with Gasteiger partial charge < -0.3 is 9.30 Å². The summed E-state index contributed by atoms with van der Waals surface area (Å²) in [6.07, 6.45) is 8.08. The Bertz CT molecular complexity index is 1000. The predicted octanol–water partition coefficient (Wildman–Crippen LogP) is 0.942. The van der Waals surface area contributed by atoms with Gasteiger partial charge in [-0.05, 0) is 24.8 Å². The van der Waals surface area contributed by atoms with Crippen LogP contribution in [0.1, 0.15) is 12.8 Å². The lowest BCUT2D eigenvalue weighted by atomic mass is 9.99. The lowest BCUT2D eigenvalue weighted by Crippen LogP contribution is -2.40. The van der Waals surface area contributed by atoms with Crippen molar-refractivity contribution in [1.82, 2.24) is 28.5 Å². The van der Waals surface area contributed by atoms with Crippen LogP contribution in [0.5, 0.6) is 5.88 Å². The highest BCUT2D eigenvalue weighted by Crippen LogP contribution is 2.23. The van der Waals surface area contributed by atoms with Gasteiger partial charge in [0.25, 0.3) is 10.0 Å². The van der Waals surface area contributed by atoms with Crippen molar-refractivity contribution in [3.63, 3.8) is 0 Å². The van der Waals surface area contributed by atoms with Gasteiger partial charge in [0, 0.05) is 51.0 Å². The molecular formula is C16H20N6O3S. The molecule has 1 fully saturated rings. The molecule has 0 N–H and O–H groups in total. The van der Waals surface area contributed by atoms with Gasteiger partial charge in [0.1, 0.15) is 0 Å². The number of ether oxygens (including phenoxy) is 1. The van der Waals surface area contributed by atoms with Crippen LogP contribution in [0.2, 0.25) is 0 Å². The van der Waals surface area contributed by atoms with Crippen molar-refractivity contribution < 1.29 is 13.2 Å². The minimum atomic E-state index is -3.54. The maximum absolute atomic E-state index is 12.6. The third-order valence-electron chi connectivity index (χ3n) is 4.62. The van der Waals surface area contributed by atoms with Gasteiger partial charge in [-0.1, -0.05) is 0 Å². The molecule has 10 heteroatoms. The number of aromatic nitrogens is 5. The standard InChI is InChI=1S/C16H20N6O3S/c1-20-10-6-18-16(20)26(23,24)21-8-4-13(5-9-21)12-25-15-3-2-14-17-7-11-22(14)19-15/h2-3,6-7,10-11,13H,4-5,8-9,12H2,1H3. The van der Waals surface area contributed by atoms with Crippen molar-refractivity contribution in [2.24, 2.45) is 13.0 Å². The van der Waals surface area contributed by atoms with Gasteiger partial charge in [-0.3, -0.25) is 0 Å². The van der Waals surface area contributed by atoms with E-state index in [0.717, 1.165) is 18.5 Å². The summed E-state index contributed by atoms with van der Waals surface area (Å²) in [5.74, 6) is 0.835. The van der Waals surface area contributed by atoms with Crippen molar-refractivity contribution in [3.05, 3.63) is 36.9 Å². The van der Waals surface area contributed by atoms with E-state index in [1.165, 1.54) is 15.1 Å². The van der Waals surface area contributed by atoms with Gasteiger partial charge in [0.2, 0.25) is 11.0 Å². The molecule has 0 unspecified atom stereocenters. The molecule has 0 aromatic carbocycles. The first-order chi connectivity index (χ1) is 12.5. The second-order valence-electron chi connectivity index (χ2n) is 6.38. The van der Waals surface area contributed by atoms with Crippen LogP contribution in [0, 0.1) is 5.92 Å². The van der Waals surface area contributed by atoms with E-state index < -0.39 is 10.0 Å². The van der Waals surface area contributed by atoms with E-state index in [1.54, 1.807) is 36.2 Å². The molecule has 1 aliphatic rings. The zero-order valence-corrected chi connectivity index (χ0v) is 15.2. The molecule has 0 saturated carbocycles. The van der Waals surface area contributed by atoms with Crippen LogP contribution in [0.4, 0.5) is 0 Å². The van der Waals surface area contributed by atoms with E-state index in [9.17, 15) is 8.42 Å². The van der Waals surface area contributed by atoms with Crippen molar-refractivity contribution in [2.45, 2.75) is 18.0 Å². The summed E-state index contributed by atoms with van der Waals surface area (Å²) >= 11 is 0. The summed E-state index contributed by atoms with van der Waals surface area (Å²) in [7, 11) is -1.85. The third-order valence-corrected chi connectivity index (χ3v) is 6.52. The summed E-state index contributed by atoms with van der Waals surface area (Å²) in [4.78, 5) is 8.12. The maximum Gasteiger partial charge on any atom is 0.276 e. The maximum atomic E-state index is 12.6. The first-order valence-electron chi connectivity index (χ1n) is 8.45. The molecule has 0 aliphatic carbocycles. The van der Waals surface area contributed by atoms with E-state index >= 15 is 0 Å². The van der Waals surface area contributed by atoms with Gasteiger partial charge in [-0.2, -0.15) is 4.31 Å². The Labute approximate surface area is 151 Å². The number of aryl methyl sites for hydroxylation is 1. The van der Waals surface area contributed by atoms with Crippen LogP contribution < -0.4 is 4.74 Å². The third kappa shape index (κ3) is 3.17. The Kier molecular flexibility index (Phi) is 4.37. The topological polar surface area (TPSA) is 94.6 Å². The van der Waals surface area contributed by atoms with Crippen LogP contribution >= 0.6 is 0 Å². The normalized spacial score (nSPS) is 17.0. The molecular weight excluding hydrogens is 356 g/mol. The molecule has 138 valence electrons. The second-order valence-corrected chi connectivity index (χ2v) is 8.21. The molecule has 3 aromatic heterocycles. The number of imidazole rings is 2. The number of sulfonamides is 1. The van der Waals surface area contributed by atoms with Gasteiger partial charge in [0.05, 0.1) is 6.61 Å². The number of rotatable bonds is 5. The fraction of sp³-hybridized carbons (Fsp3) is 0.438. The Hall–Kier alpha value is -2.46. The highest BCUT2D eigenvalue weighted by molar-refractivity contribution is 7.89. The molecule has 0 atom stereocenters. The zero-order valence-electron chi connectivity index (χ0n) is 14.4. The highest BCUT2D eigenvalue weighted by atomic mass is 32.2. The quantitative estimate of drug-likeness (QED) is 0.658. The molecule has 26 heavy (non-hydrogen) atoms. The van der Waals surface area contributed by atoms with Gasteiger partial charge in [-0.25, -0.2) is 22.9 Å². The van der Waals surface area contributed by atoms with Crippen molar-refractivity contribution in [2.75, 3.05) is 19.7 Å². The predicted molar refractivity (Wildman–Crippen MR) is 93.2 cm³/mol. The molecule has 0 amide bonds. The van der Waals surface area contributed by atoms with E-state index in [2.05, 4.69) is 15.1 Å². The molecule has 3 aromatic rings. The number of nitrogens with zero attached hydrogens (tertiary/aromatic N) is 6. The summed E-state index contributed by atoms with van der Waals surface area (Å²) < 4.78 is 35.8. The monoisotopic (exact) mass is 376 g/mol. The Morgan fingerprint density at radius 1 is 1.15 bits per heavy atom. The number of hydrogen-bond acceptors (Lipinski definition) is 6. The average Bonchev–Trinajstić information content (AvgIpc) is 3.28. The molecule has 0 spiro atoms. The van der Waals surface area contributed by atoms with E-state index in [0.29, 0.717) is 31.5 Å².